The number of rotatable bonds is 5. The number of hydrogen-bond donors (Lipinski definition) is 1. The molecule has 1 aromatic rings. The number of carbonyl (C=O) groups excluding carboxylic acids is 2. The van der Waals surface area contributed by atoms with Gasteiger partial charge in [0.15, 0.2) is 0 Å². The molecule has 1 fully saturated rings. The van der Waals surface area contributed by atoms with Gasteiger partial charge in [0.2, 0.25) is 5.91 Å². The van der Waals surface area contributed by atoms with Crippen molar-refractivity contribution in [1.29, 1.82) is 0 Å². The average molecular weight is 312 g/mol. The van der Waals surface area contributed by atoms with Crippen LogP contribution in [-0.2, 0) is 4.79 Å². The summed E-state index contributed by atoms with van der Waals surface area (Å²) >= 11 is 5.60. The van der Waals surface area contributed by atoms with E-state index in [2.05, 4.69) is 4.98 Å². The first-order chi connectivity index (χ1) is 10.1. The highest BCUT2D eigenvalue weighted by Crippen LogP contribution is 2.19. The lowest BCUT2D eigenvalue weighted by atomic mass is 10.1. The number of aromatic nitrogens is 1. The van der Waals surface area contributed by atoms with Crippen LogP contribution in [0.25, 0.3) is 0 Å². The number of ether oxygens (including phenoxy) is 1. The molecule has 1 unspecified atom stereocenters. The fraction of sp³-hybridized carbons (Fsp3) is 0.500. The molecule has 1 atom stereocenters. The largest absolute Gasteiger partial charge is 0.488 e. The highest BCUT2D eigenvalue weighted by molar-refractivity contribution is 6.18. The lowest BCUT2D eigenvalue weighted by Gasteiger charge is -2.33. The number of piperidine rings is 1. The van der Waals surface area contributed by atoms with Gasteiger partial charge in [-0.2, -0.15) is 0 Å². The summed E-state index contributed by atoms with van der Waals surface area (Å²) in [6.07, 6.45) is 3.47. The van der Waals surface area contributed by atoms with E-state index in [0.29, 0.717) is 24.6 Å². The van der Waals surface area contributed by atoms with E-state index in [-0.39, 0.29) is 17.7 Å². The van der Waals surface area contributed by atoms with Gasteiger partial charge in [0.25, 0.3) is 5.91 Å². The Morgan fingerprint density at radius 1 is 1.52 bits per heavy atom. The molecule has 7 heteroatoms. The molecule has 1 saturated heterocycles. The van der Waals surface area contributed by atoms with Crippen LogP contribution < -0.4 is 10.5 Å². The number of amides is 2. The van der Waals surface area contributed by atoms with Gasteiger partial charge in [-0.3, -0.25) is 14.6 Å². The monoisotopic (exact) mass is 311 g/mol. The summed E-state index contributed by atoms with van der Waals surface area (Å²) in [5.74, 6) is 0.317. The average Bonchev–Trinajstić information content (AvgIpc) is 2.48. The van der Waals surface area contributed by atoms with Crippen LogP contribution in [0, 0.1) is 0 Å². The van der Waals surface area contributed by atoms with Crippen molar-refractivity contribution in [3.63, 3.8) is 0 Å². The molecule has 2 heterocycles. The Morgan fingerprint density at radius 2 is 2.33 bits per heavy atom. The molecule has 0 aromatic carbocycles. The molecule has 21 heavy (non-hydrogen) atoms. The van der Waals surface area contributed by atoms with Crippen molar-refractivity contribution in [2.24, 2.45) is 5.73 Å². The van der Waals surface area contributed by atoms with Crippen LogP contribution >= 0.6 is 11.6 Å². The SMILES string of the molecule is NC(=O)c1cc(OC2CCCN(C(=O)CCCl)C2)ccn1. The molecule has 114 valence electrons. The minimum absolute atomic E-state index is 0.0471. The topological polar surface area (TPSA) is 85.5 Å². The number of hydrogen-bond acceptors (Lipinski definition) is 4. The molecule has 2 N–H and O–H groups in total. The number of alkyl halides is 1. The fourth-order valence-electron chi connectivity index (χ4n) is 2.31. The van der Waals surface area contributed by atoms with E-state index in [1.54, 1.807) is 11.0 Å². The zero-order chi connectivity index (χ0) is 15.2. The molecule has 2 amide bonds. The van der Waals surface area contributed by atoms with Crippen molar-refractivity contribution in [1.82, 2.24) is 9.88 Å². The maximum atomic E-state index is 11.9. The zero-order valence-electron chi connectivity index (χ0n) is 11.6. The molecule has 1 aromatic heterocycles. The first-order valence-electron chi connectivity index (χ1n) is 6.86. The summed E-state index contributed by atoms with van der Waals surface area (Å²) in [5, 5.41) is 0. The van der Waals surface area contributed by atoms with Crippen molar-refractivity contribution in [3.05, 3.63) is 24.0 Å². The second kappa shape index (κ2) is 7.26. The lowest BCUT2D eigenvalue weighted by Crippen LogP contribution is -2.44. The number of primary amides is 1. The van der Waals surface area contributed by atoms with Crippen molar-refractivity contribution in [2.75, 3.05) is 19.0 Å². The van der Waals surface area contributed by atoms with E-state index in [1.165, 1.54) is 12.3 Å². The predicted molar refractivity (Wildman–Crippen MR) is 78.3 cm³/mol. The normalized spacial score (nSPS) is 18.3. The molecular formula is C14H18ClN3O3. The Balaban J connectivity index is 1.97. The van der Waals surface area contributed by atoms with Crippen LogP contribution in [0.2, 0.25) is 0 Å². The minimum Gasteiger partial charge on any atom is -0.488 e. The number of nitrogens with zero attached hydrogens (tertiary/aromatic N) is 2. The van der Waals surface area contributed by atoms with Gasteiger partial charge in [-0.15, -0.1) is 11.6 Å². The van der Waals surface area contributed by atoms with Gasteiger partial charge in [0.1, 0.15) is 17.5 Å². The third kappa shape index (κ3) is 4.32. The van der Waals surface area contributed by atoms with E-state index >= 15 is 0 Å². The highest BCUT2D eigenvalue weighted by Gasteiger charge is 2.24. The number of pyridine rings is 1. The highest BCUT2D eigenvalue weighted by atomic mass is 35.5. The summed E-state index contributed by atoms with van der Waals surface area (Å²) < 4.78 is 5.83. The molecule has 0 saturated carbocycles. The van der Waals surface area contributed by atoms with Crippen LogP contribution in [0.5, 0.6) is 5.75 Å². The summed E-state index contributed by atoms with van der Waals surface area (Å²) in [6.45, 7) is 1.27. The van der Waals surface area contributed by atoms with Gasteiger partial charge in [-0.1, -0.05) is 0 Å². The van der Waals surface area contributed by atoms with Crippen molar-refractivity contribution < 1.29 is 14.3 Å². The van der Waals surface area contributed by atoms with Crippen LogP contribution in [0.1, 0.15) is 29.8 Å². The van der Waals surface area contributed by atoms with Gasteiger partial charge >= 0.3 is 0 Å². The zero-order valence-corrected chi connectivity index (χ0v) is 12.4. The van der Waals surface area contributed by atoms with Crippen molar-refractivity contribution in [3.8, 4) is 5.75 Å². The molecule has 0 spiro atoms. The van der Waals surface area contributed by atoms with E-state index in [1.807, 2.05) is 0 Å². The van der Waals surface area contributed by atoms with Crippen LogP contribution in [0.3, 0.4) is 0 Å². The third-order valence-corrected chi connectivity index (χ3v) is 3.51. The Kier molecular flexibility index (Phi) is 5.38. The fourth-order valence-corrected chi connectivity index (χ4v) is 2.47. The van der Waals surface area contributed by atoms with E-state index in [4.69, 9.17) is 22.1 Å². The Labute approximate surface area is 128 Å². The molecule has 0 bridgehead atoms. The van der Waals surface area contributed by atoms with E-state index in [0.717, 1.165) is 19.4 Å². The number of nitrogens with two attached hydrogens (primary N) is 1. The first kappa shape index (κ1) is 15.6. The first-order valence-corrected chi connectivity index (χ1v) is 7.40. The molecular weight excluding hydrogens is 294 g/mol. The van der Waals surface area contributed by atoms with Crippen LogP contribution in [-0.4, -0.2) is 46.8 Å². The summed E-state index contributed by atoms with van der Waals surface area (Å²) in [6, 6.07) is 3.19. The second-order valence-corrected chi connectivity index (χ2v) is 5.28. The molecule has 6 nitrogen and oxygen atoms in total. The third-order valence-electron chi connectivity index (χ3n) is 3.33. The van der Waals surface area contributed by atoms with Crippen LogP contribution in [0.4, 0.5) is 0 Å². The number of halogens is 1. The van der Waals surface area contributed by atoms with Crippen molar-refractivity contribution >= 4 is 23.4 Å². The summed E-state index contributed by atoms with van der Waals surface area (Å²) in [5.41, 5.74) is 5.35. The maximum absolute atomic E-state index is 11.9. The van der Waals surface area contributed by atoms with Gasteiger partial charge in [-0.25, -0.2) is 0 Å². The standard InChI is InChI=1S/C14H18ClN3O3/c15-5-3-13(19)18-7-1-2-11(9-18)21-10-4-6-17-12(8-10)14(16)20/h4,6,8,11H,1-3,5,7,9H2,(H2,16,20). The van der Waals surface area contributed by atoms with Gasteiger partial charge in [0.05, 0.1) is 6.54 Å². The molecule has 1 aliphatic rings. The number of carbonyl (C=O) groups is 2. The molecule has 1 aliphatic heterocycles. The predicted octanol–water partition coefficient (Wildman–Crippen LogP) is 1.18. The Morgan fingerprint density at radius 3 is 3.05 bits per heavy atom. The minimum atomic E-state index is -0.594. The van der Waals surface area contributed by atoms with Gasteiger partial charge in [0, 0.05) is 31.1 Å². The molecule has 0 radical (unpaired) electrons. The number of likely N-dealkylation sites (tertiary alicyclic amines) is 1. The smallest absolute Gasteiger partial charge is 0.267 e. The Hall–Kier alpha value is -1.82. The molecule has 2 rings (SSSR count). The van der Waals surface area contributed by atoms with E-state index in [9.17, 15) is 9.59 Å². The van der Waals surface area contributed by atoms with Gasteiger partial charge < -0.3 is 15.4 Å². The quantitative estimate of drug-likeness (QED) is 0.827. The van der Waals surface area contributed by atoms with Gasteiger partial charge in [-0.05, 0) is 18.9 Å². The summed E-state index contributed by atoms with van der Waals surface area (Å²) in [7, 11) is 0. The summed E-state index contributed by atoms with van der Waals surface area (Å²) in [4.78, 5) is 28.6. The second-order valence-electron chi connectivity index (χ2n) is 4.90. The van der Waals surface area contributed by atoms with Crippen molar-refractivity contribution in [2.45, 2.75) is 25.4 Å². The lowest BCUT2D eigenvalue weighted by molar-refractivity contribution is -0.133. The van der Waals surface area contributed by atoms with E-state index < -0.39 is 5.91 Å². The maximum Gasteiger partial charge on any atom is 0.267 e. The molecule has 0 aliphatic carbocycles. The Bertz CT molecular complexity index is 524. The van der Waals surface area contributed by atoms with Crippen LogP contribution in [0.15, 0.2) is 18.3 Å².